The molecular weight excluding hydrogens is 248 g/mol. The number of carbonyl (C=O) groups is 1. The highest BCUT2D eigenvalue weighted by Gasteiger charge is 2.43. The molecule has 5 heteroatoms. The summed E-state index contributed by atoms with van der Waals surface area (Å²) in [4.78, 5) is 11.1. The lowest BCUT2D eigenvalue weighted by atomic mass is 9.72. The van der Waals surface area contributed by atoms with Crippen LogP contribution in [0.25, 0.3) is 0 Å². The summed E-state index contributed by atoms with van der Waals surface area (Å²) in [6.45, 7) is 3.09. The normalized spacial score (nSPS) is 20.7. The van der Waals surface area contributed by atoms with Gasteiger partial charge in [0.2, 0.25) is 6.79 Å². The van der Waals surface area contributed by atoms with Gasteiger partial charge in [0.05, 0.1) is 19.1 Å². The molecule has 1 saturated heterocycles. The lowest BCUT2D eigenvalue weighted by molar-refractivity contribution is -0.144. The zero-order valence-corrected chi connectivity index (χ0v) is 10.7. The van der Waals surface area contributed by atoms with E-state index in [1.165, 1.54) is 0 Å². The number of fused-ring (bicyclic) bond motifs is 1. The first kappa shape index (κ1) is 12.3. The summed E-state index contributed by atoms with van der Waals surface area (Å²) in [5.41, 5.74) is 0.856. The van der Waals surface area contributed by atoms with Crippen LogP contribution in [-0.2, 0) is 14.9 Å². The second kappa shape index (κ2) is 4.42. The second-order valence-electron chi connectivity index (χ2n) is 5.28. The SMILES string of the molecule is CC(CC1(c2ccc3c(c2)OCO3)COC1)C(=O)O. The van der Waals surface area contributed by atoms with Gasteiger partial charge in [0.1, 0.15) is 0 Å². The summed E-state index contributed by atoms with van der Waals surface area (Å²) in [7, 11) is 0. The van der Waals surface area contributed by atoms with Gasteiger partial charge < -0.3 is 19.3 Å². The maximum atomic E-state index is 11.1. The lowest BCUT2D eigenvalue weighted by Crippen LogP contribution is -2.48. The molecule has 1 aromatic rings. The van der Waals surface area contributed by atoms with E-state index in [0.717, 1.165) is 17.1 Å². The summed E-state index contributed by atoms with van der Waals surface area (Å²) in [6.07, 6.45) is 0.571. The lowest BCUT2D eigenvalue weighted by Gasteiger charge is -2.43. The minimum Gasteiger partial charge on any atom is -0.481 e. The fourth-order valence-corrected chi connectivity index (χ4v) is 2.65. The molecule has 1 unspecified atom stereocenters. The van der Waals surface area contributed by atoms with Crippen molar-refractivity contribution in [2.24, 2.45) is 5.92 Å². The minimum atomic E-state index is -0.771. The zero-order valence-electron chi connectivity index (χ0n) is 10.7. The third-order valence-electron chi connectivity index (χ3n) is 3.86. The van der Waals surface area contributed by atoms with Crippen LogP contribution in [0.2, 0.25) is 0 Å². The van der Waals surface area contributed by atoms with Crippen molar-refractivity contribution < 1.29 is 24.1 Å². The number of ether oxygens (including phenoxy) is 3. The maximum absolute atomic E-state index is 11.1. The van der Waals surface area contributed by atoms with E-state index in [2.05, 4.69) is 0 Å². The fourth-order valence-electron chi connectivity index (χ4n) is 2.65. The molecule has 102 valence electrons. The van der Waals surface area contributed by atoms with Gasteiger partial charge in [-0.2, -0.15) is 0 Å². The molecule has 19 heavy (non-hydrogen) atoms. The molecule has 1 aromatic carbocycles. The summed E-state index contributed by atoms with van der Waals surface area (Å²) >= 11 is 0. The van der Waals surface area contributed by atoms with Crippen molar-refractivity contribution in [1.29, 1.82) is 0 Å². The standard InChI is InChI=1S/C14H16O5/c1-9(13(15)16)5-14(6-17-7-14)10-2-3-11-12(4-10)19-8-18-11/h2-4,9H,5-8H2,1H3,(H,15,16). The van der Waals surface area contributed by atoms with E-state index in [4.69, 9.17) is 19.3 Å². The van der Waals surface area contributed by atoms with E-state index in [1.807, 2.05) is 18.2 Å². The van der Waals surface area contributed by atoms with Gasteiger partial charge in [0.25, 0.3) is 0 Å². The van der Waals surface area contributed by atoms with Crippen molar-refractivity contribution >= 4 is 5.97 Å². The van der Waals surface area contributed by atoms with Crippen LogP contribution in [0.1, 0.15) is 18.9 Å². The molecule has 2 aliphatic heterocycles. The van der Waals surface area contributed by atoms with E-state index >= 15 is 0 Å². The van der Waals surface area contributed by atoms with Crippen LogP contribution in [0.15, 0.2) is 18.2 Å². The predicted octanol–water partition coefficient (Wildman–Crippen LogP) is 1.79. The third-order valence-corrected chi connectivity index (χ3v) is 3.86. The fraction of sp³-hybridized carbons (Fsp3) is 0.500. The largest absolute Gasteiger partial charge is 0.481 e. The molecule has 0 radical (unpaired) electrons. The molecule has 1 atom stereocenters. The van der Waals surface area contributed by atoms with Crippen LogP contribution in [0.4, 0.5) is 0 Å². The van der Waals surface area contributed by atoms with Crippen molar-refractivity contribution in [2.75, 3.05) is 20.0 Å². The molecule has 1 fully saturated rings. The quantitative estimate of drug-likeness (QED) is 0.898. The topological polar surface area (TPSA) is 65.0 Å². The Labute approximate surface area is 111 Å². The van der Waals surface area contributed by atoms with Gasteiger partial charge in [0, 0.05) is 5.41 Å². The summed E-state index contributed by atoms with van der Waals surface area (Å²) in [6, 6.07) is 5.80. The molecule has 5 nitrogen and oxygen atoms in total. The van der Waals surface area contributed by atoms with Crippen LogP contribution in [-0.4, -0.2) is 31.1 Å². The van der Waals surface area contributed by atoms with Crippen molar-refractivity contribution in [3.8, 4) is 11.5 Å². The molecule has 0 aliphatic carbocycles. The molecule has 3 rings (SSSR count). The average molecular weight is 264 g/mol. The zero-order chi connectivity index (χ0) is 13.5. The monoisotopic (exact) mass is 264 g/mol. The van der Waals surface area contributed by atoms with Crippen molar-refractivity contribution in [1.82, 2.24) is 0 Å². The number of aliphatic carboxylic acids is 1. The first-order valence-corrected chi connectivity index (χ1v) is 6.31. The number of hydrogen-bond donors (Lipinski definition) is 1. The highest BCUT2D eigenvalue weighted by atomic mass is 16.7. The number of carboxylic acids is 1. The van der Waals surface area contributed by atoms with E-state index in [-0.39, 0.29) is 12.2 Å². The van der Waals surface area contributed by atoms with E-state index in [1.54, 1.807) is 6.92 Å². The first-order chi connectivity index (χ1) is 9.11. The van der Waals surface area contributed by atoms with Gasteiger partial charge in [0.15, 0.2) is 11.5 Å². The van der Waals surface area contributed by atoms with Crippen LogP contribution in [0.5, 0.6) is 11.5 Å². The molecule has 0 spiro atoms. The molecule has 0 saturated carbocycles. The number of carboxylic acid groups (broad SMARTS) is 1. The number of benzene rings is 1. The molecule has 0 aromatic heterocycles. The highest BCUT2D eigenvalue weighted by molar-refractivity contribution is 5.69. The Hall–Kier alpha value is -1.75. The van der Waals surface area contributed by atoms with Gasteiger partial charge in [-0.05, 0) is 24.1 Å². The molecule has 0 amide bonds. The van der Waals surface area contributed by atoms with Gasteiger partial charge in [-0.1, -0.05) is 13.0 Å². The van der Waals surface area contributed by atoms with Crippen LogP contribution < -0.4 is 9.47 Å². The van der Waals surface area contributed by atoms with Crippen LogP contribution in [0.3, 0.4) is 0 Å². The van der Waals surface area contributed by atoms with Crippen LogP contribution in [0, 0.1) is 5.92 Å². The molecular formula is C14H16O5. The maximum Gasteiger partial charge on any atom is 0.306 e. The Balaban J connectivity index is 1.87. The third kappa shape index (κ3) is 2.04. The van der Waals surface area contributed by atoms with E-state index in [0.29, 0.717) is 19.6 Å². The van der Waals surface area contributed by atoms with E-state index < -0.39 is 11.9 Å². The summed E-state index contributed by atoms with van der Waals surface area (Å²) in [5, 5.41) is 9.08. The van der Waals surface area contributed by atoms with Gasteiger partial charge in [-0.15, -0.1) is 0 Å². The molecule has 2 heterocycles. The number of hydrogen-bond acceptors (Lipinski definition) is 4. The number of rotatable bonds is 4. The van der Waals surface area contributed by atoms with Crippen molar-refractivity contribution in [2.45, 2.75) is 18.8 Å². The molecule has 1 N–H and O–H groups in total. The average Bonchev–Trinajstić information content (AvgIpc) is 2.80. The summed E-state index contributed by atoms with van der Waals surface area (Å²) in [5.74, 6) is 0.304. The predicted molar refractivity (Wildman–Crippen MR) is 66.5 cm³/mol. The summed E-state index contributed by atoms with van der Waals surface area (Å²) < 4.78 is 16.0. The Bertz CT molecular complexity index is 507. The first-order valence-electron chi connectivity index (χ1n) is 6.31. The Morgan fingerprint density at radius 3 is 2.74 bits per heavy atom. The second-order valence-corrected chi connectivity index (χ2v) is 5.28. The Morgan fingerprint density at radius 1 is 1.37 bits per heavy atom. The van der Waals surface area contributed by atoms with Crippen molar-refractivity contribution in [3.05, 3.63) is 23.8 Å². The van der Waals surface area contributed by atoms with Gasteiger partial charge >= 0.3 is 5.97 Å². The molecule has 0 bridgehead atoms. The van der Waals surface area contributed by atoms with Crippen molar-refractivity contribution in [3.63, 3.8) is 0 Å². The van der Waals surface area contributed by atoms with Gasteiger partial charge in [-0.25, -0.2) is 0 Å². The molecule has 2 aliphatic rings. The van der Waals surface area contributed by atoms with Gasteiger partial charge in [-0.3, -0.25) is 4.79 Å². The Kier molecular flexibility index (Phi) is 2.86. The smallest absolute Gasteiger partial charge is 0.306 e. The minimum absolute atomic E-state index is 0.210. The highest BCUT2D eigenvalue weighted by Crippen LogP contribution is 2.42. The van der Waals surface area contributed by atoms with Crippen LogP contribution >= 0.6 is 0 Å². The van der Waals surface area contributed by atoms with E-state index in [9.17, 15) is 4.79 Å². The Morgan fingerprint density at radius 2 is 2.11 bits per heavy atom.